The molecule has 1 atom stereocenters. The molecule has 3 rings (SSSR count). The number of hydrogen-bond donors (Lipinski definition) is 1. The fourth-order valence-corrected chi connectivity index (χ4v) is 2.91. The quantitative estimate of drug-likeness (QED) is 0.946. The van der Waals surface area contributed by atoms with Gasteiger partial charge in [0.1, 0.15) is 0 Å². The number of anilines is 2. The number of fused-ring (bicyclic) bond motifs is 1. The fraction of sp³-hybridized carbons (Fsp3) is 0.222. The Bertz CT molecular complexity index is 748. The van der Waals surface area contributed by atoms with E-state index in [1.54, 1.807) is 18.2 Å². The van der Waals surface area contributed by atoms with Gasteiger partial charge in [0.15, 0.2) is 0 Å². The number of carbonyl (C=O) groups excluding carboxylic acids is 1. The number of hydrogen-bond acceptors (Lipinski definition) is 3. The largest absolute Gasteiger partial charge is 0.376 e. The maximum absolute atomic E-state index is 12.5. The van der Waals surface area contributed by atoms with Crippen molar-refractivity contribution >= 4 is 17.3 Å². The normalized spacial score (nSPS) is 16.0. The molecule has 22 heavy (non-hydrogen) atoms. The van der Waals surface area contributed by atoms with Gasteiger partial charge in [-0.1, -0.05) is 24.3 Å². The van der Waals surface area contributed by atoms with Crippen LogP contribution in [0.15, 0.2) is 48.5 Å². The van der Waals surface area contributed by atoms with Crippen molar-refractivity contribution < 1.29 is 4.79 Å². The molecule has 1 amide bonds. The summed E-state index contributed by atoms with van der Waals surface area (Å²) in [6, 6.07) is 17.5. The predicted octanol–water partition coefficient (Wildman–Crippen LogP) is 2.95. The molecule has 4 nitrogen and oxygen atoms in total. The van der Waals surface area contributed by atoms with Crippen molar-refractivity contribution in [2.24, 2.45) is 0 Å². The Morgan fingerprint density at radius 1 is 1.32 bits per heavy atom. The molecule has 0 aromatic heterocycles. The van der Waals surface area contributed by atoms with Crippen LogP contribution in [0.1, 0.15) is 18.1 Å². The number of rotatable bonds is 3. The van der Waals surface area contributed by atoms with Gasteiger partial charge >= 0.3 is 0 Å². The zero-order valence-electron chi connectivity index (χ0n) is 12.4. The van der Waals surface area contributed by atoms with Crippen LogP contribution in [0.25, 0.3) is 0 Å². The Kier molecular flexibility index (Phi) is 3.80. The maximum Gasteiger partial charge on any atom is 0.246 e. The SMILES string of the molecule is CC1Cc2ccccc2N1C(=O)CNc1cccc(C#N)c1. The Balaban J connectivity index is 1.71. The Hall–Kier alpha value is -2.80. The molecule has 0 bridgehead atoms. The van der Waals surface area contributed by atoms with Gasteiger partial charge in [0.05, 0.1) is 18.2 Å². The van der Waals surface area contributed by atoms with Gasteiger partial charge in [-0.15, -0.1) is 0 Å². The molecule has 0 saturated carbocycles. The molecule has 2 aromatic rings. The second-order valence-corrected chi connectivity index (χ2v) is 5.49. The lowest BCUT2D eigenvalue weighted by Crippen LogP contribution is -2.39. The van der Waals surface area contributed by atoms with Crippen LogP contribution < -0.4 is 10.2 Å². The van der Waals surface area contributed by atoms with Crippen molar-refractivity contribution in [2.45, 2.75) is 19.4 Å². The zero-order valence-corrected chi connectivity index (χ0v) is 12.4. The van der Waals surface area contributed by atoms with Crippen molar-refractivity contribution in [1.82, 2.24) is 0 Å². The lowest BCUT2D eigenvalue weighted by Gasteiger charge is -2.23. The Morgan fingerprint density at radius 2 is 2.14 bits per heavy atom. The molecule has 0 aliphatic carbocycles. The van der Waals surface area contributed by atoms with E-state index >= 15 is 0 Å². The van der Waals surface area contributed by atoms with Gasteiger partial charge in [0.25, 0.3) is 0 Å². The van der Waals surface area contributed by atoms with E-state index in [2.05, 4.69) is 24.4 Å². The highest BCUT2D eigenvalue weighted by molar-refractivity contribution is 5.98. The van der Waals surface area contributed by atoms with Gasteiger partial charge in [0, 0.05) is 17.4 Å². The van der Waals surface area contributed by atoms with Gasteiger partial charge < -0.3 is 10.2 Å². The van der Waals surface area contributed by atoms with E-state index in [0.717, 1.165) is 17.8 Å². The summed E-state index contributed by atoms with van der Waals surface area (Å²) in [4.78, 5) is 14.4. The molecular weight excluding hydrogens is 274 g/mol. The first kappa shape index (κ1) is 14.2. The minimum absolute atomic E-state index is 0.0415. The number of benzene rings is 2. The van der Waals surface area contributed by atoms with Crippen molar-refractivity contribution in [3.8, 4) is 6.07 Å². The van der Waals surface area contributed by atoms with Crippen molar-refractivity contribution in [3.05, 3.63) is 59.7 Å². The predicted molar refractivity (Wildman–Crippen MR) is 86.7 cm³/mol. The maximum atomic E-state index is 12.5. The topological polar surface area (TPSA) is 56.1 Å². The van der Waals surface area contributed by atoms with Gasteiger partial charge in [0.2, 0.25) is 5.91 Å². The molecule has 1 heterocycles. The third-order valence-corrected chi connectivity index (χ3v) is 3.91. The van der Waals surface area contributed by atoms with E-state index in [1.165, 1.54) is 5.56 Å². The van der Waals surface area contributed by atoms with Crippen molar-refractivity contribution in [3.63, 3.8) is 0 Å². The molecule has 0 saturated heterocycles. The van der Waals surface area contributed by atoms with Crippen molar-refractivity contribution in [2.75, 3.05) is 16.8 Å². The standard InChI is InChI=1S/C18H17N3O/c1-13-9-15-6-2-3-8-17(15)21(13)18(22)12-20-16-7-4-5-14(10-16)11-19/h2-8,10,13,20H,9,12H2,1H3. The molecule has 0 radical (unpaired) electrons. The average molecular weight is 291 g/mol. The number of nitrogens with one attached hydrogen (secondary N) is 1. The molecule has 4 heteroatoms. The number of para-hydroxylation sites is 1. The monoisotopic (exact) mass is 291 g/mol. The second-order valence-electron chi connectivity index (χ2n) is 5.49. The first-order valence-corrected chi connectivity index (χ1v) is 7.33. The lowest BCUT2D eigenvalue weighted by atomic mass is 10.1. The lowest BCUT2D eigenvalue weighted by molar-refractivity contribution is -0.117. The third kappa shape index (κ3) is 2.66. The van der Waals surface area contributed by atoms with Crippen LogP contribution in [-0.2, 0) is 11.2 Å². The van der Waals surface area contributed by atoms with Crippen LogP contribution >= 0.6 is 0 Å². The first-order valence-electron chi connectivity index (χ1n) is 7.33. The molecule has 2 aromatic carbocycles. The molecule has 0 fully saturated rings. The van der Waals surface area contributed by atoms with Crippen LogP contribution in [0.3, 0.4) is 0 Å². The van der Waals surface area contributed by atoms with E-state index < -0.39 is 0 Å². The molecular formula is C18H17N3O. The van der Waals surface area contributed by atoms with Crippen molar-refractivity contribution in [1.29, 1.82) is 5.26 Å². The number of nitriles is 1. The molecule has 110 valence electrons. The average Bonchev–Trinajstić information content (AvgIpc) is 2.88. The minimum Gasteiger partial charge on any atom is -0.376 e. The molecule has 1 unspecified atom stereocenters. The fourth-order valence-electron chi connectivity index (χ4n) is 2.91. The van der Waals surface area contributed by atoms with Gasteiger partial charge in [-0.3, -0.25) is 4.79 Å². The second kappa shape index (κ2) is 5.90. The summed E-state index contributed by atoms with van der Waals surface area (Å²) < 4.78 is 0. The van der Waals surface area contributed by atoms with Gasteiger partial charge in [-0.25, -0.2) is 0 Å². The molecule has 1 aliphatic rings. The zero-order chi connectivity index (χ0) is 15.5. The molecule has 0 spiro atoms. The smallest absolute Gasteiger partial charge is 0.246 e. The summed E-state index contributed by atoms with van der Waals surface area (Å²) >= 11 is 0. The van der Waals surface area contributed by atoms with Crippen LogP contribution in [-0.4, -0.2) is 18.5 Å². The van der Waals surface area contributed by atoms with E-state index in [0.29, 0.717) is 5.56 Å². The van der Waals surface area contributed by atoms with Crippen LogP contribution in [0, 0.1) is 11.3 Å². The van der Waals surface area contributed by atoms with E-state index in [4.69, 9.17) is 5.26 Å². The van der Waals surface area contributed by atoms with Gasteiger partial charge in [-0.2, -0.15) is 5.26 Å². The third-order valence-electron chi connectivity index (χ3n) is 3.91. The van der Waals surface area contributed by atoms with Crippen LogP contribution in [0.5, 0.6) is 0 Å². The number of nitrogens with zero attached hydrogens (tertiary/aromatic N) is 2. The minimum atomic E-state index is 0.0415. The highest BCUT2D eigenvalue weighted by Gasteiger charge is 2.30. The Labute approximate surface area is 130 Å². The molecule has 1 aliphatic heterocycles. The van der Waals surface area contributed by atoms with Gasteiger partial charge in [-0.05, 0) is 43.2 Å². The Morgan fingerprint density at radius 3 is 2.95 bits per heavy atom. The summed E-state index contributed by atoms with van der Waals surface area (Å²) in [6.07, 6.45) is 0.895. The number of amides is 1. The summed E-state index contributed by atoms with van der Waals surface area (Å²) in [5, 5.41) is 12.0. The highest BCUT2D eigenvalue weighted by Crippen LogP contribution is 2.31. The van der Waals surface area contributed by atoms with E-state index in [9.17, 15) is 4.79 Å². The summed E-state index contributed by atoms with van der Waals surface area (Å²) in [5.74, 6) is 0.0415. The summed E-state index contributed by atoms with van der Waals surface area (Å²) in [7, 11) is 0. The molecule has 1 N–H and O–H groups in total. The van der Waals surface area contributed by atoms with E-state index in [-0.39, 0.29) is 18.5 Å². The van der Waals surface area contributed by atoms with E-state index in [1.807, 2.05) is 29.2 Å². The summed E-state index contributed by atoms with van der Waals surface area (Å²) in [5.41, 5.74) is 3.59. The highest BCUT2D eigenvalue weighted by atomic mass is 16.2. The first-order chi connectivity index (χ1) is 10.7. The van der Waals surface area contributed by atoms with Crippen LogP contribution in [0.4, 0.5) is 11.4 Å². The van der Waals surface area contributed by atoms with Crippen LogP contribution in [0.2, 0.25) is 0 Å². The number of carbonyl (C=O) groups is 1. The summed E-state index contributed by atoms with van der Waals surface area (Å²) in [6.45, 7) is 2.28.